The van der Waals surface area contributed by atoms with Crippen LogP contribution in [0.4, 0.5) is 0 Å². The second-order valence-electron chi connectivity index (χ2n) is 8.40. The van der Waals surface area contributed by atoms with Gasteiger partial charge in [-0.05, 0) is 58.7 Å². The molecule has 5 aromatic rings. The highest BCUT2D eigenvalue weighted by Gasteiger charge is 2.35. The van der Waals surface area contributed by atoms with Gasteiger partial charge in [-0.3, -0.25) is 4.79 Å². The Morgan fingerprint density at radius 3 is 2.29 bits per heavy atom. The number of aromatic nitrogens is 3. The molecule has 0 aliphatic rings. The third-order valence-corrected chi connectivity index (χ3v) is 6.84. The van der Waals surface area contributed by atoms with Crippen molar-refractivity contribution in [3.63, 3.8) is 0 Å². The molecule has 0 fully saturated rings. The van der Waals surface area contributed by atoms with Crippen LogP contribution >= 0.6 is 23.2 Å². The number of halogens is 2. The molecule has 0 aliphatic carbocycles. The second kappa shape index (κ2) is 8.44. The van der Waals surface area contributed by atoms with Crippen LogP contribution in [0, 0.1) is 0 Å². The lowest BCUT2D eigenvalue weighted by molar-refractivity contribution is 0.596. The number of nitrogens with two attached hydrogens (primary N) is 1. The Labute approximate surface area is 207 Å². The summed E-state index contributed by atoms with van der Waals surface area (Å²) < 4.78 is 3.55. The van der Waals surface area contributed by atoms with Crippen LogP contribution in [-0.2, 0) is 19.6 Å². The second-order valence-corrected chi connectivity index (χ2v) is 9.28. The lowest BCUT2D eigenvalue weighted by atomic mass is 9.80. The van der Waals surface area contributed by atoms with Crippen LogP contribution in [0.3, 0.4) is 0 Å². The zero-order chi connectivity index (χ0) is 24.0. The number of imidazole rings is 1. The minimum Gasteiger partial charge on any atom is -0.336 e. The molecule has 2 N–H and O–H groups in total. The Balaban J connectivity index is 1.84. The monoisotopic (exact) mass is 488 g/mol. The van der Waals surface area contributed by atoms with Crippen molar-refractivity contribution in [1.82, 2.24) is 14.1 Å². The van der Waals surface area contributed by atoms with Gasteiger partial charge in [-0.15, -0.1) is 0 Å². The van der Waals surface area contributed by atoms with E-state index in [9.17, 15) is 4.79 Å². The molecule has 0 aliphatic heterocycles. The summed E-state index contributed by atoms with van der Waals surface area (Å²) in [5.74, 6) is 0. The maximum absolute atomic E-state index is 12.8. The lowest BCUT2D eigenvalue weighted by Crippen LogP contribution is -2.41. The van der Waals surface area contributed by atoms with Gasteiger partial charge in [0.1, 0.15) is 5.54 Å². The summed E-state index contributed by atoms with van der Waals surface area (Å²) >= 11 is 12.4. The number of rotatable bonds is 4. The molecular formula is C27H22Cl2N4O. The highest BCUT2D eigenvalue weighted by atomic mass is 35.5. The van der Waals surface area contributed by atoms with Crippen molar-refractivity contribution in [1.29, 1.82) is 0 Å². The molecule has 5 rings (SSSR count). The van der Waals surface area contributed by atoms with Crippen molar-refractivity contribution >= 4 is 34.1 Å². The Hall–Kier alpha value is -3.38. The van der Waals surface area contributed by atoms with E-state index in [0.717, 1.165) is 38.9 Å². The number of aryl methyl sites for hydroxylation is 2. The summed E-state index contributed by atoms with van der Waals surface area (Å²) in [5, 5.41) is 2.13. The number of fused-ring (bicyclic) bond motifs is 1. The van der Waals surface area contributed by atoms with Gasteiger partial charge in [0, 0.05) is 35.6 Å². The van der Waals surface area contributed by atoms with Crippen LogP contribution in [0.2, 0.25) is 10.0 Å². The molecule has 0 unspecified atom stereocenters. The first-order chi connectivity index (χ1) is 16.3. The number of hydrogen-bond acceptors (Lipinski definition) is 3. The molecule has 1 atom stereocenters. The van der Waals surface area contributed by atoms with Gasteiger partial charge in [0.2, 0.25) is 0 Å². The highest BCUT2D eigenvalue weighted by Crippen LogP contribution is 2.38. The molecule has 7 heteroatoms. The summed E-state index contributed by atoms with van der Waals surface area (Å²) in [7, 11) is 3.68. The maximum atomic E-state index is 12.8. The summed E-state index contributed by atoms with van der Waals surface area (Å²) in [5.41, 5.74) is 11.1. The molecule has 0 radical (unpaired) electrons. The van der Waals surface area contributed by atoms with E-state index in [0.29, 0.717) is 10.0 Å². The van der Waals surface area contributed by atoms with Crippen molar-refractivity contribution in [2.24, 2.45) is 19.8 Å². The molecule has 5 nitrogen and oxygen atoms in total. The predicted octanol–water partition coefficient (Wildman–Crippen LogP) is 5.50. The predicted molar refractivity (Wildman–Crippen MR) is 138 cm³/mol. The van der Waals surface area contributed by atoms with Crippen LogP contribution in [0.25, 0.3) is 22.0 Å². The Morgan fingerprint density at radius 1 is 0.882 bits per heavy atom. The fourth-order valence-corrected chi connectivity index (χ4v) is 4.83. The van der Waals surface area contributed by atoms with Crippen molar-refractivity contribution in [3.8, 4) is 11.1 Å². The van der Waals surface area contributed by atoms with Gasteiger partial charge in [-0.1, -0.05) is 53.5 Å². The lowest BCUT2D eigenvalue weighted by Gasteiger charge is -2.31. The molecule has 0 amide bonds. The van der Waals surface area contributed by atoms with Crippen LogP contribution in [0.1, 0.15) is 16.8 Å². The SMILES string of the molecule is Cn1cncc1[C@](N)(c1ccc(Cl)cc1)c1ccc2c(c1)c(-c1cccc(Cl)c1)cc(=O)n2C. The molecule has 2 heterocycles. The number of benzene rings is 3. The summed E-state index contributed by atoms with van der Waals surface area (Å²) in [6.07, 6.45) is 3.51. The zero-order valence-corrected chi connectivity index (χ0v) is 20.2. The molecule has 3 aromatic carbocycles. The van der Waals surface area contributed by atoms with Crippen LogP contribution in [0.15, 0.2) is 90.1 Å². The van der Waals surface area contributed by atoms with Crippen LogP contribution in [-0.4, -0.2) is 14.1 Å². The van der Waals surface area contributed by atoms with E-state index < -0.39 is 5.54 Å². The average Bonchev–Trinajstić information content (AvgIpc) is 3.27. The Bertz CT molecular complexity index is 1590. The van der Waals surface area contributed by atoms with Crippen molar-refractivity contribution < 1.29 is 0 Å². The van der Waals surface area contributed by atoms with E-state index in [4.69, 9.17) is 28.9 Å². The van der Waals surface area contributed by atoms with E-state index in [2.05, 4.69) is 4.98 Å². The summed E-state index contributed by atoms with van der Waals surface area (Å²) in [6.45, 7) is 0. The molecule has 170 valence electrons. The molecule has 2 aromatic heterocycles. The number of pyridine rings is 1. The first kappa shape index (κ1) is 22.4. The molecule has 0 bridgehead atoms. The number of nitrogens with zero attached hydrogens (tertiary/aromatic N) is 3. The smallest absolute Gasteiger partial charge is 0.251 e. The van der Waals surface area contributed by atoms with Crippen molar-refractivity contribution in [2.75, 3.05) is 0 Å². The third kappa shape index (κ3) is 3.62. The molecule has 0 saturated carbocycles. The standard InChI is InChI=1S/C27H22Cl2N4O/c1-32-16-31-15-25(32)27(30,18-6-9-20(28)10-7-18)19-8-11-24-23(13-19)22(14-26(34)33(24)2)17-4-3-5-21(29)12-17/h3-16H,30H2,1-2H3/t27-/m0/s1. The first-order valence-corrected chi connectivity index (χ1v) is 11.5. The Kier molecular flexibility index (Phi) is 5.56. The molecule has 0 spiro atoms. The normalized spacial score (nSPS) is 13.2. The van der Waals surface area contributed by atoms with Gasteiger partial charge < -0.3 is 14.9 Å². The van der Waals surface area contributed by atoms with Crippen molar-refractivity contribution in [2.45, 2.75) is 5.54 Å². The van der Waals surface area contributed by atoms with Crippen molar-refractivity contribution in [3.05, 3.63) is 123 Å². The van der Waals surface area contributed by atoms with E-state index in [1.807, 2.05) is 78.3 Å². The maximum Gasteiger partial charge on any atom is 0.251 e. The fraction of sp³-hybridized carbons (Fsp3) is 0.111. The third-order valence-electron chi connectivity index (χ3n) is 6.36. The highest BCUT2D eigenvalue weighted by molar-refractivity contribution is 6.31. The van der Waals surface area contributed by atoms with Gasteiger partial charge in [0.25, 0.3) is 5.56 Å². The largest absolute Gasteiger partial charge is 0.336 e. The van der Waals surface area contributed by atoms with E-state index in [1.54, 1.807) is 30.2 Å². The molecule has 34 heavy (non-hydrogen) atoms. The van der Waals surface area contributed by atoms with E-state index in [-0.39, 0.29) is 5.56 Å². The van der Waals surface area contributed by atoms with Gasteiger partial charge >= 0.3 is 0 Å². The Morgan fingerprint density at radius 2 is 1.62 bits per heavy atom. The fourth-order valence-electron chi connectivity index (χ4n) is 4.51. The van der Waals surface area contributed by atoms with Gasteiger partial charge in [-0.2, -0.15) is 0 Å². The summed E-state index contributed by atoms with van der Waals surface area (Å²) in [4.78, 5) is 17.1. The first-order valence-electron chi connectivity index (χ1n) is 10.7. The van der Waals surface area contributed by atoms with Crippen LogP contribution in [0.5, 0.6) is 0 Å². The number of hydrogen-bond donors (Lipinski definition) is 1. The van der Waals surface area contributed by atoms with Gasteiger partial charge in [0.05, 0.1) is 23.7 Å². The average molecular weight is 489 g/mol. The van der Waals surface area contributed by atoms with Crippen LogP contribution < -0.4 is 11.3 Å². The molecule has 0 saturated heterocycles. The molecular weight excluding hydrogens is 467 g/mol. The van der Waals surface area contributed by atoms with E-state index >= 15 is 0 Å². The summed E-state index contributed by atoms with van der Waals surface area (Å²) in [6, 6.07) is 22.6. The minimum atomic E-state index is -1.01. The quantitative estimate of drug-likeness (QED) is 0.363. The topological polar surface area (TPSA) is 65.8 Å². The zero-order valence-electron chi connectivity index (χ0n) is 18.7. The van der Waals surface area contributed by atoms with Gasteiger partial charge in [-0.25, -0.2) is 4.98 Å². The van der Waals surface area contributed by atoms with Gasteiger partial charge in [0.15, 0.2) is 0 Å². The minimum absolute atomic E-state index is 0.0985. The van der Waals surface area contributed by atoms with E-state index in [1.165, 1.54) is 0 Å².